The van der Waals surface area contributed by atoms with Crippen LogP contribution < -0.4 is 9.47 Å². The highest BCUT2D eigenvalue weighted by atomic mass is 16.4. The van der Waals surface area contributed by atoms with E-state index in [-0.39, 0.29) is 11.7 Å². The van der Waals surface area contributed by atoms with E-state index in [4.69, 9.17) is 4.42 Å². The molecule has 1 aromatic carbocycles. The van der Waals surface area contributed by atoms with Gasteiger partial charge >= 0.3 is 6.01 Å². The highest BCUT2D eigenvalue weighted by Crippen LogP contribution is 2.36. The minimum atomic E-state index is -0.0961. The van der Waals surface area contributed by atoms with Gasteiger partial charge in [-0.3, -0.25) is 0 Å². The average Bonchev–Trinajstić information content (AvgIpc) is 3.05. The van der Waals surface area contributed by atoms with Crippen LogP contribution in [0.15, 0.2) is 53.5 Å². The molecule has 4 nitrogen and oxygen atoms in total. The van der Waals surface area contributed by atoms with Crippen LogP contribution in [0.5, 0.6) is 0 Å². The molecule has 1 atom stereocenters. The Hall–Kier alpha value is -2.23. The number of hydrogen-bond donors (Lipinski definition) is 0. The summed E-state index contributed by atoms with van der Waals surface area (Å²) in [5.41, 5.74) is 2.56. The van der Waals surface area contributed by atoms with Crippen LogP contribution in [0.2, 0.25) is 0 Å². The van der Waals surface area contributed by atoms with Crippen LogP contribution in [0.4, 0.5) is 6.01 Å². The maximum Gasteiger partial charge on any atom is 0.462 e. The molecule has 0 spiro atoms. The summed E-state index contributed by atoms with van der Waals surface area (Å²) in [4.78, 5) is 4.53. The Balaban J connectivity index is 1.92. The molecule has 1 aliphatic heterocycles. The molecule has 2 heterocycles. The number of nitrogens with zero attached hydrogens (tertiary/aromatic N) is 3. The topological polar surface area (TPSA) is 23.5 Å². The first-order chi connectivity index (χ1) is 10.4. The molecule has 0 fully saturated rings. The van der Waals surface area contributed by atoms with Crippen LogP contribution in [-0.4, -0.2) is 11.1 Å². The minimum absolute atomic E-state index is 0.0961. The molecular formula is C18H24N3O+. The third kappa shape index (κ3) is 2.19. The van der Waals surface area contributed by atoms with Gasteiger partial charge in [-0.15, -0.1) is 0 Å². The van der Waals surface area contributed by atoms with Crippen molar-refractivity contribution in [3.8, 4) is 0 Å². The van der Waals surface area contributed by atoms with Crippen LogP contribution in [0.1, 0.15) is 31.9 Å². The molecule has 0 amide bonds. The third-order valence-corrected chi connectivity index (χ3v) is 4.62. The molecule has 4 heteroatoms. The van der Waals surface area contributed by atoms with E-state index in [0.717, 1.165) is 6.01 Å². The predicted octanol–water partition coefficient (Wildman–Crippen LogP) is 3.29. The largest absolute Gasteiger partial charge is 0.462 e. The fourth-order valence-electron chi connectivity index (χ4n) is 3.37. The van der Waals surface area contributed by atoms with Crippen LogP contribution in [0.25, 0.3) is 0 Å². The zero-order chi connectivity index (χ0) is 15.9. The van der Waals surface area contributed by atoms with Crippen molar-refractivity contribution >= 4 is 6.01 Å². The standard InChI is InChI=1S/C18H24N3O/c1-14-8-6-7-9-16(14)18(3,4)21-11-10-20(15(21)2)17-19(5)12-13-22-17/h6-13,15H,1-5H3/q+1. The lowest BCUT2D eigenvalue weighted by Crippen LogP contribution is -2.48. The number of rotatable bonds is 3. The number of oxazole rings is 1. The van der Waals surface area contributed by atoms with E-state index in [9.17, 15) is 0 Å². The highest BCUT2D eigenvalue weighted by molar-refractivity contribution is 5.37. The van der Waals surface area contributed by atoms with E-state index < -0.39 is 0 Å². The van der Waals surface area contributed by atoms with E-state index in [2.05, 4.69) is 74.2 Å². The maximum atomic E-state index is 5.62. The van der Waals surface area contributed by atoms with Gasteiger partial charge in [-0.05, 0) is 38.8 Å². The summed E-state index contributed by atoms with van der Waals surface area (Å²) in [5.74, 6) is 0. The molecule has 0 N–H and O–H groups in total. The Bertz CT molecular complexity index is 702. The van der Waals surface area contributed by atoms with Gasteiger partial charge in [-0.2, -0.15) is 4.90 Å². The molecule has 0 saturated carbocycles. The van der Waals surface area contributed by atoms with Crippen LogP contribution in [-0.2, 0) is 12.6 Å². The molecule has 116 valence electrons. The molecular weight excluding hydrogens is 274 g/mol. The smallest absolute Gasteiger partial charge is 0.396 e. The van der Waals surface area contributed by atoms with E-state index in [1.165, 1.54) is 11.1 Å². The van der Waals surface area contributed by atoms with Crippen molar-refractivity contribution in [1.29, 1.82) is 0 Å². The molecule has 2 aromatic rings. The summed E-state index contributed by atoms with van der Waals surface area (Å²) in [6.07, 6.45) is 8.06. The number of aryl methyl sites for hydroxylation is 2. The van der Waals surface area contributed by atoms with E-state index in [1.54, 1.807) is 6.26 Å². The molecule has 0 radical (unpaired) electrons. The first-order valence-electron chi connectivity index (χ1n) is 7.67. The highest BCUT2D eigenvalue weighted by Gasteiger charge is 2.41. The Morgan fingerprint density at radius 3 is 2.55 bits per heavy atom. The van der Waals surface area contributed by atoms with Crippen molar-refractivity contribution in [2.45, 2.75) is 39.4 Å². The summed E-state index contributed by atoms with van der Waals surface area (Å²) in [6, 6.07) is 9.43. The van der Waals surface area contributed by atoms with Gasteiger partial charge in [0, 0.05) is 6.20 Å². The second-order valence-corrected chi connectivity index (χ2v) is 6.41. The minimum Gasteiger partial charge on any atom is -0.396 e. The zero-order valence-electron chi connectivity index (χ0n) is 13.9. The Kier molecular flexibility index (Phi) is 3.47. The lowest BCUT2D eigenvalue weighted by atomic mass is 9.88. The molecule has 0 aliphatic carbocycles. The Labute approximate surface area is 132 Å². The monoisotopic (exact) mass is 298 g/mol. The average molecular weight is 298 g/mol. The summed E-state index contributed by atoms with van der Waals surface area (Å²) in [7, 11) is 1.99. The summed E-state index contributed by atoms with van der Waals surface area (Å²) < 4.78 is 7.61. The number of hydrogen-bond acceptors (Lipinski definition) is 3. The van der Waals surface area contributed by atoms with Gasteiger partial charge in [0.25, 0.3) is 0 Å². The van der Waals surface area contributed by atoms with Crippen LogP contribution in [0, 0.1) is 6.92 Å². The molecule has 0 saturated heterocycles. The van der Waals surface area contributed by atoms with Crippen molar-refractivity contribution in [1.82, 2.24) is 4.90 Å². The van der Waals surface area contributed by atoms with Crippen LogP contribution in [0.3, 0.4) is 0 Å². The van der Waals surface area contributed by atoms with Gasteiger partial charge in [0.15, 0.2) is 6.17 Å². The first kappa shape index (κ1) is 14.7. The zero-order valence-corrected chi connectivity index (χ0v) is 13.9. The predicted molar refractivity (Wildman–Crippen MR) is 87.0 cm³/mol. The molecule has 3 rings (SSSR count). The van der Waals surface area contributed by atoms with E-state index >= 15 is 0 Å². The molecule has 0 bridgehead atoms. The quantitative estimate of drug-likeness (QED) is 0.812. The fraction of sp³-hybridized carbons (Fsp3) is 0.389. The lowest BCUT2D eigenvalue weighted by Gasteiger charge is -2.39. The van der Waals surface area contributed by atoms with Gasteiger partial charge in [-0.25, -0.2) is 4.57 Å². The summed E-state index contributed by atoms with van der Waals surface area (Å²) in [6.45, 7) is 8.90. The number of anilines is 1. The van der Waals surface area contributed by atoms with Gasteiger partial charge in [0.05, 0.1) is 12.6 Å². The van der Waals surface area contributed by atoms with Crippen molar-refractivity contribution in [3.63, 3.8) is 0 Å². The lowest BCUT2D eigenvalue weighted by molar-refractivity contribution is -0.660. The van der Waals surface area contributed by atoms with Crippen molar-refractivity contribution in [2.75, 3.05) is 4.90 Å². The molecule has 1 unspecified atom stereocenters. The van der Waals surface area contributed by atoms with E-state index in [0.29, 0.717) is 0 Å². The maximum absolute atomic E-state index is 5.62. The van der Waals surface area contributed by atoms with Crippen molar-refractivity contribution < 1.29 is 8.98 Å². The SMILES string of the molecule is Cc1ccccc1C(C)(C)N1C=CN(c2occ[n+]2C)C1C. The van der Waals surface area contributed by atoms with Crippen molar-refractivity contribution in [3.05, 3.63) is 60.3 Å². The van der Waals surface area contributed by atoms with Gasteiger partial charge in [0.1, 0.15) is 18.7 Å². The summed E-state index contributed by atoms with van der Waals surface area (Å²) in [5, 5.41) is 0. The normalized spacial score (nSPS) is 18.3. The first-order valence-corrected chi connectivity index (χ1v) is 7.67. The molecule has 1 aromatic heterocycles. The van der Waals surface area contributed by atoms with Gasteiger partial charge < -0.3 is 9.32 Å². The third-order valence-electron chi connectivity index (χ3n) is 4.62. The fourth-order valence-corrected chi connectivity index (χ4v) is 3.37. The van der Waals surface area contributed by atoms with E-state index in [1.807, 2.05) is 17.8 Å². The van der Waals surface area contributed by atoms with Crippen LogP contribution >= 0.6 is 0 Å². The van der Waals surface area contributed by atoms with Gasteiger partial charge in [-0.1, -0.05) is 24.3 Å². The number of benzene rings is 1. The number of aromatic nitrogens is 1. The molecule has 1 aliphatic rings. The Morgan fingerprint density at radius 1 is 1.18 bits per heavy atom. The van der Waals surface area contributed by atoms with Crippen molar-refractivity contribution in [2.24, 2.45) is 7.05 Å². The van der Waals surface area contributed by atoms with Gasteiger partial charge in [0.2, 0.25) is 0 Å². The Morgan fingerprint density at radius 2 is 1.91 bits per heavy atom. The second kappa shape index (κ2) is 5.20. The second-order valence-electron chi connectivity index (χ2n) is 6.41. The molecule has 22 heavy (non-hydrogen) atoms. The summed E-state index contributed by atoms with van der Waals surface area (Å²) >= 11 is 0.